The van der Waals surface area contributed by atoms with Crippen LogP contribution in [0.1, 0.15) is 124 Å². The van der Waals surface area contributed by atoms with Gasteiger partial charge in [0.25, 0.3) is 0 Å². The third kappa shape index (κ3) is 5.67. The summed E-state index contributed by atoms with van der Waals surface area (Å²) in [5, 5.41) is 20.2. The van der Waals surface area contributed by atoms with Gasteiger partial charge in [0, 0.05) is 5.52 Å². The number of H-pyrrole nitrogens is 3. The maximum absolute atomic E-state index is 10.1. The van der Waals surface area contributed by atoms with Crippen LogP contribution in [0.25, 0.3) is 44.2 Å². The summed E-state index contributed by atoms with van der Waals surface area (Å²) in [4.78, 5) is 25.6. The van der Waals surface area contributed by atoms with Gasteiger partial charge in [-0.05, 0) is 102 Å². The van der Waals surface area contributed by atoms with Gasteiger partial charge >= 0.3 is 0 Å². The number of aryl methyl sites for hydroxylation is 6. The fourth-order valence-electron chi connectivity index (χ4n) is 7.49. The van der Waals surface area contributed by atoms with Crippen molar-refractivity contribution in [1.82, 2.24) is 29.9 Å². The molecule has 0 saturated carbocycles. The molecule has 5 heterocycles. The van der Waals surface area contributed by atoms with Gasteiger partial charge in [-0.15, -0.1) is 0 Å². The van der Waals surface area contributed by atoms with Crippen molar-refractivity contribution < 1.29 is 0 Å². The van der Waals surface area contributed by atoms with Crippen LogP contribution in [0.5, 0.6) is 0 Å². The molecule has 3 N–H and O–H groups in total. The van der Waals surface area contributed by atoms with Crippen LogP contribution in [0.2, 0.25) is 0 Å². The first kappa shape index (κ1) is 33.4. The lowest BCUT2D eigenvalue weighted by molar-refractivity contribution is 1.06. The molecular weight excluding hydrogens is 580 g/mol. The minimum Gasteiger partial charge on any atom is -0.353 e. The smallest absolute Gasteiger partial charge is 0.177 e. The Bertz CT molecular complexity index is 2160. The Morgan fingerprint density at radius 1 is 0.511 bits per heavy atom. The molecule has 47 heavy (non-hydrogen) atoms. The van der Waals surface area contributed by atoms with Gasteiger partial charge < -0.3 is 15.0 Å². The standard InChI is InChI=1S/C39H46N8/c1-9-22-26(13-5)36-38-28(15-7)24(11-3)34(46-38)20-42-32(18-40)33(19-41)43-21-35-25(12-4)29(16-8)39(47-35)37-27(14-6)23(10-2)31(45-37)17-30(22)44-36/h17,20-21,44,46-47H,9-16H2,1-8H3. The Labute approximate surface area is 277 Å². The molecule has 0 saturated heterocycles. The highest BCUT2D eigenvalue weighted by Crippen LogP contribution is 2.39. The normalized spacial score (nSPS) is 12.0. The van der Waals surface area contributed by atoms with E-state index in [0.717, 1.165) is 107 Å². The lowest BCUT2D eigenvalue weighted by Crippen LogP contribution is -1.90. The number of fused-ring (bicyclic) bond motifs is 10. The maximum atomic E-state index is 10.1. The van der Waals surface area contributed by atoms with Crippen molar-refractivity contribution in [1.29, 1.82) is 10.5 Å². The number of nitriles is 2. The predicted octanol–water partition coefficient (Wildman–Crippen LogP) is 9.29. The van der Waals surface area contributed by atoms with Gasteiger partial charge in [0.15, 0.2) is 11.4 Å². The van der Waals surface area contributed by atoms with Gasteiger partial charge in [0.2, 0.25) is 0 Å². The molecule has 8 nitrogen and oxygen atoms in total. The molecule has 242 valence electrons. The Kier molecular flexibility index (Phi) is 10.1. The predicted molar refractivity (Wildman–Crippen MR) is 193 cm³/mol. The van der Waals surface area contributed by atoms with Crippen LogP contribution in [0.15, 0.2) is 18.5 Å². The van der Waals surface area contributed by atoms with Crippen LogP contribution >= 0.6 is 0 Å². The molecule has 5 rings (SSSR count). The Hall–Kier alpha value is -4.95. The number of hydrogen-bond acceptors (Lipinski definition) is 5. The van der Waals surface area contributed by atoms with Crippen molar-refractivity contribution in [3.8, 4) is 12.1 Å². The van der Waals surface area contributed by atoms with Crippen LogP contribution in [-0.4, -0.2) is 29.9 Å². The summed E-state index contributed by atoms with van der Waals surface area (Å²) < 4.78 is 0. The highest BCUT2D eigenvalue weighted by Gasteiger charge is 2.23. The van der Waals surface area contributed by atoms with Gasteiger partial charge in [0.1, 0.15) is 12.1 Å². The van der Waals surface area contributed by atoms with Crippen molar-refractivity contribution in [2.45, 2.75) is 107 Å². The minimum atomic E-state index is -0.0285. The molecule has 1 aliphatic rings. The molecule has 0 aliphatic carbocycles. The number of aromatic amines is 3. The zero-order valence-corrected chi connectivity index (χ0v) is 29.1. The molecular formula is C39H46N8. The van der Waals surface area contributed by atoms with E-state index in [2.05, 4.69) is 98.5 Å². The van der Waals surface area contributed by atoms with Crippen LogP contribution in [0, 0.1) is 22.7 Å². The summed E-state index contributed by atoms with van der Waals surface area (Å²) in [7, 11) is 0. The third-order valence-electron chi connectivity index (χ3n) is 9.62. The fraction of sp³-hybridized carbons (Fsp3) is 0.410. The van der Waals surface area contributed by atoms with Crippen LogP contribution in [0.4, 0.5) is 0 Å². The Morgan fingerprint density at radius 3 is 1.34 bits per heavy atom. The highest BCUT2D eigenvalue weighted by molar-refractivity contribution is 5.98. The van der Waals surface area contributed by atoms with Gasteiger partial charge in [-0.1, -0.05) is 55.4 Å². The fourth-order valence-corrected chi connectivity index (χ4v) is 7.49. The van der Waals surface area contributed by atoms with Crippen molar-refractivity contribution in [2.24, 2.45) is 0 Å². The van der Waals surface area contributed by atoms with Crippen LogP contribution < -0.4 is 0 Å². The van der Waals surface area contributed by atoms with E-state index < -0.39 is 0 Å². The molecule has 1 aliphatic heterocycles. The van der Waals surface area contributed by atoms with Gasteiger partial charge in [-0.2, -0.15) is 10.5 Å². The zero-order valence-electron chi connectivity index (χ0n) is 29.1. The maximum Gasteiger partial charge on any atom is 0.177 e. The van der Waals surface area contributed by atoms with Crippen molar-refractivity contribution in [3.63, 3.8) is 0 Å². The molecule has 8 bridgehead atoms. The van der Waals surface area contributed by atoms with E-state index in [1.165, 1.54) is 33.4 Å². The average molecular weight is 627 g/mol. The Balaban J connectivity index is 2.12. The zero-order chi connectivity index (χ0) is 33.8. The first-order valence-electron chi connectivity index (χ1n) is 17.2. The lowest BCUT2D eigenvalue weighted by Gasteiger charge is -2.05. The summed E-state index contributed by atoms with van der Waals surface area (Å²) in [5.74, 6) is 0. The molecule has 0 radical (unpaired) electrons. The van der Waals surface area contributed by atoms with Crippen LogP contribution in [-0.2, 0) is 38.5 Å². The number of nitrogens with one attached hydrogen (secondary N) is 3. The van der Waals surface area contributed by atoms with Gasteiger partial charge in [0.05, 0.1) is 51.4 Å². The van der Waals surface area contributed by atoms with Crippen LogP contribution in [0.3, 0.4) is 0 Å². The van der Waals surface area contributed by atoms with Crippen molar-refractivity contribution in [3.05, 3.63) is 74.6 Å². The van der Waals surface area contributed by atoms with E-state index in [4.69, 9.17) is 4.98 Å². The average Bonchev–Trinajstić information content (AvgIpc) is 3.83. The van der Waals surface area contributed by atoms with Crippen molar-refractivity contribution in [2.75, 3.05) is 0 Å². The first-order chi connectivity index (χ1) is 22.9. The molecule has 0 amide bonds. The number of aromatic nitrogens is 6. The van der Waals surface area contributed by atoms with E-state index >= 15 is 0 Å². The highest BCUT2D eigenvalue weighted by atomic mass is 14.8. The van der Waals surface area contributed by atoms with E-state index in [1.54, 1.807) is 12.4 Å². The largest absolute Gasteiger partial charge is 0.353 e. The second kappa shape index (κ2) is 14.2. The Morgan fingerprint density at radius 2 is 0.915 bits per heavy atom. The minimum absolute atomic E-state index is 0.0269. The van der Waals surface area contributed by atoms with E-state index in [-0.39, 0.29) is 11.4 Å². The van der Waals surface area contributed by atoms with Gasteiger partial charge in [-0.3, -0.25) is 0 Å². The lowest BCUT2D eigenvalue weighted by atomic mass is 9.98. The molecule has 8 heteroatoms. The number of allylic oxidation sites excluding steroid dienone is 2. The summed E-state index contributed by atoms with van der Waals surface area (Å²) in [6.45, 7) is 17.5. The topological polar surface area (TPSA) is 134 Å². The molecule has 0 unspecified atom stereocenters. The third-order valence-corrected chi connectivity index (χ3v) is 9.62. The molecule has 4 aromatic heterocycles. The summed E-state index contributed by atoms with van der Waals surface area (Å²) in [6.07, 6.45) is 10.1. The van der Waals surface area contributed by atoms with E-state index in [9.17, 15) is 10.5 Å². The molecule has 0 fully saturated rings. The molecule has 0 aromatic carbocycles. The first-order valence-corrected chi connectivity index (χ1v) is 17.2. The number of rotatable bonds is 8. The SMILES string of the molecule is CCC1=C(CC)c2nc1cc1[nH]c(c(CC)c1CC)c1[nH]c(cnc(C#N)c(C#N)ncc3[nH]c2c(CC)c3CC)c(CC)c1CC. The molecule has 0 atom stereocenters. The monoisotopic (exact) mass is 626 g/mol. The van der Waals surface area contributed by atoms with Crippen molar-refractivity contribution >= 4 is 44.2 Å². The van der Waals surface area contributed by atoms with E-state index in [1.807, 2.05) is 0 Å². The second-order valence-corrected chi connectivity index (χ2v) is 11.8. The quantitative estimate of drug-likeness (QED) is 0.179. The van der Waals surface area contributed by atoms with E-state index in [0.29, 0.717) is 0 Å². The molecule has 4 aromatic rings. The summed E-state index contributed by atoms with van der Waals surface area (Å²) in [5.41, 5.74) is 17.7. The number of nitrogens with zero attached hydrogens (tertiary/aromatic N) is 5. The summed E-state index contributed by atoms with van der Waals surface area (Å²) >= 11 is 0. The summed E-state index contributed by atoms with van der Waals surface area (Å²) in [6, 6.07) is 6.49. The second-order valence-electron chi connectivity index (χ2n) is 11.8. The molecule has 0 spiro atoms. The van der Waals surface area contributed by atoms with Gasteiger partial charge in [-0.25, -0.2) is 15.0 Å². The number of hydrogen-bond donors (Lipinski definition) is 3.